The molecule has 29 heavy (non-hydrogen) atoms. The van der Waals surface area contributed by atoms with Crippen LogP contribution in [0.3, 0.4) is 0 Å². The molecule has 1 amide bonds. The minimum Gasteiger partial charge on any atom is -0.443 e. The van der Waals surface area contributed by atoms with Gasteiger partial charge in [-0.1, -0.05) is 5.16 Å². The fourth-order valence-electron chi connectivity index (χ4n) is 3.99. The largest absolute Gasteiger partial charge is 0.443 e. The van der Waals surface area contributed by atoms with Gasteiger partial charge in [-0.2, -0.15) is 4.98 Å². The molecule has 8 heteroatoms. The summed E-state index contributed by atoms with van der Waals surface area (Å²) in [6.45, 7) is 4.84. The standard InChI is InChI=1S/C21H26N4O4/c1-21(6-7-21)28-20(26)25-9-3-14(4-10-25)18-23-19(29-24-18)17-12-15(2-8-22-17)16-5-11-27-13-16/h2,8,12,14,16H,3-7,9-11,13H2,1H3. The lowest BCUT2D eigenvalue weighted by Crippen LogP contribution is -2.40. The molecule has 3 aliphatic rings. The molecule has 1 aliphatic carbocycles. The maximum Gasteiger partial charge on any atom is 0.410 e. The van der Waals surface area contributed by atoms with Gasteiger partial charge < -0.3 is 18.9 Å². The van der Waals surface area contributed by atoms with E-state index in [1.54, 1.807) is 11.1 Å². The maximum atomic E-state index is 12.3. The number of aromatic nitrogens is 3. The SMILES string of the molecule is CC1(OC(=O)N2CCC(c3noc(-c4cc(C5CCOC5)ccn4)n3)CC2)CC1. The first-order valence-electron chi connectivity index (χ1n) is 10.5. The number of amides is 1. The lowest BCUT2D eigenvalue weighted by atomic mass is 9.96. The van der Waals surface area contributed by atoms with Crippen LogP contribution in [-0.2, 0) is 9.47 Å². The van der Waals surface area contributed by atoms with Crippen LogP contribution in [0.2, 0.25) is 0 Å². The van der Waals surface area contributed by atoms with Crippen molar-refractivity contribution in [2.24, 2.45) is 0 Å². The third-order valence-electron chi connectivity index (χ3n) is 6.25. The van der Waals surface area contributed by atoms with Gasteiger partial charge in [-0.3, -0.25) is 4.98 Å². The van der Waals surface area contributed by atoms with E-state index in [2.05, 4.69) is 15.1 Å². The number of piperidine rings is 1. The van der Waals surface area contributed by atoms with Crippen LogP contribution in [0.25, 0.3) is 11.6 Å². The van der Waals surface area contributed by atoms with Gasteiger partial charge in [0.2, 0.25) is 0 Å². The molecule has 4 heterocycles. The molecule has 2 aromatic rings. The van der Waals surface area contributed by atoms with Gasteiger partial charge in [0.05, 0.1) is 6.61 Å². The average Bonchev–Trinajstić information content (AvgIpc) is 3.18. The summed E-state index contributed by atoms with van der Waals surface area (Å²) in [4.78, 5) is 23.1. The Bertz CT molecular complexity index is 880. The Labute approximate surface area is 169 Å². The number of carbonyl (C=O) groups is 1. The Morgan fingerprint density at radius 1 is 1.24 bits per heavy atom. The number of likely N-dealkylation sites (tertiary alicyclic amines) is 1. The van der Waals surface area contributed by atoms with Gasteiger partial charge in [0.25, 0.3) is 5.89 Å². The van der Waals surface area contributed by atoms with E-state index >= 15 is 0 Å². The highest BCUT2D eigenvalue weighted by Crippen LogP contribution is 2.39. The number of nitrogens with zero attached hydrogens (tertiary/aromatic N) is 4. The van der Waals surface area contributed by atoms with E-state index in [1.807, 2.05) is 19.1 Å². The Kier molecular flexibility index (Phi) is 4.73. The Morgan fingerprint density at radius 2 is 2.07 bits per heavy atom. The Hall–Kier alpha value is -2.48. The number of rotatable bonds is 4. The van der Waals surface area contributed by atoms with Crippen molar-refractivity contribution >= 4 is 6.09 Å². The summed E-state index contributed by atoms with van der Waals surface area (Å²) in [7, 11) is 0. The second kappa shape index (κ2) is 7.40. The van der Waals surface area contributed by atoms with Crippen molar-refractivity contribution in [3.63, 3.8) is 0 Å². The lowest BCUT2D eigenvalue weighted by Gasteiger charge is -2.30. The van der Waals surface area contributed by atoms with Crippen molar-refractivity contribution in [1.82, 2.24) is 20.0 Å². The molecule has 1 unspecified atom stereocenters. The molecule has 2 aliphatic heterocycles. The molecule has 1 atom stereocenters. The molecule has 0 bridgehead atoms. The Morgan fingerprint density at radius 3 is 2.79 bits per heavy atom. The zero-order valence-electron chi connectivity index (χ0n) is 16.7. The summed E-state index contributed by atoms with van der Waals surface area (Å²) in [6, 6.07) is 4.05. The van der Waals surface area contributed by atoms with Crippen LogP contribution in [0.5, 0.6) is 0 Å². The van der Waals surface area contributed by atoms with Gasteiger partial charge in [0.1, 0.15) is 11.3 Å². The normalized spacial score (nSPS) is 23.9. The first-order chi connectivity index (χ1) is 14.1. The molecule has 0 radical (unpaired) electrons. The molecule has 8 nitrogen and oxygen atoms in total. The Balaban J connectivity index is 1.22. The van der Waals surface area contributed by atoms with Gasteiger partial charge in [0, 0.05) is 37.7 Å². The van der Waals surface area contributed by atoms with Crippen molar-refractivity contribution in [3.05, 3.63) is 29.7 Å². The molecule has 5 rings (SSSR count). The van der Waals surface area contributed by atoms with Crippen LogP contribution in [0.1, 0.15) is 62.3 Å². The van der Waals surface area contributed by atoms with E-state index in [9.17, 15) is 4.79 Å². The lowest BCUT2D eigenvalue weighted by molar-refractivity contribution is 0.0518. The fourth-order valence-corrected chi connectivity index (χ4v) is 3.99. The van der Waals surface area contributed by atoms with Crippen molar-refractivity contribution < 1.29 is 18.8 Å². The van der Waals surface area contributed by atoms with E-state index in [0.717, 1.165) is 45.3 Å². The third-order valence-corrected chi connectivity index (χ3v) is 6.25. The van der Waals surface area contributed by atoms with Gasteiger partial charge in [0.15, 0.2) is 5.82 Å². The molecule has 2 aromatic heterocycles. The molecular formula is C21H26N4O4. The van der Waals surface area contributed by atoms with E-state index in [-0.39, 0.29) is 17.6 Å². The van der Waals surface area contributed by atoms with Crippen LogP contribution < -0.4 is 0 Å². The highest BCUT2D eigenvalue weighted by atomic mass is 16.6. The summed E-state index contributed by atoms with van der Waals surface area (Å²) in [5, 5.41) is 4.20. The summed E-state index contributed by atoms with van der Waals surface area (Å²) < 4.78 is 16.6. The zero-order valence-corrected chi connectivity index (χ0v) is 16.7. The van der Waals surface area contributed by atoms with Gasteiger partial charge in [-0.25, -0.2) is 4.79 Å². The smallest absolute Gasteiger partial charge is 0.410 e. The second-order valence-electron chi connectivity index (χ2n) is 8.57. The van der Waals surface area contributed by atoms with E-state index < -0.39 is 0 Å². The maximum absolute atomic E-state index is 12.3. The van der Waals surface area contributed by atoms with Crippen molar-refractivity contribution in [3.8, 4) is 11.6 Å². The molecule has 0 spiro atoms. The highest BCUT2D eigenvalue weighted by molar-refractivity contribution is 5.68. The number of pyridine rings is 1. The van der Waals surface area contributed by atoms with E-state index in [1.165, 1.54) is 5.56 Å². The summed E-state index contributed by atoms with van der Waals surface area (Å²) in [5.74, 6) is 1.73. The van der Waals surface area contributed by atoms with Crippen LogP contribution in [0.15, 0.2) is 22.9 Å². The summed E-state index contributed by atoms with van der Waals surface area (Å²) in [5.41, 5.74) is 1.66. The molecule has 154 valence electrons. The molecule has 2 saturated heterocycles. The van der Waals surface area contributed by atoms with E-state index in [4.69, 9.17) is 14.0 Å². The zero-order chi connectivity index (χ0) is 19.8. The summed E-state index contributed by atoms with van der Waals surface area (Å²) in [6.07, 6.45) is 6.15. The third kappa shape index (κ3) is 3.99. The van der Waals surface area contributed by atoms with E-state index in [0.29, 0.717) is 36.4 Å². The van der Waals surface area contributed by atoms with Gasteiger partial charge in [-0.05, 0) is 56.7 Å². The molecule has 0 aromatic carbocycles. The number of ether oxygens (including phenoxy) is 2. The van der Waals surface area contributed by atoms with Crippen LogP contribution >= 0.6 is 0 Å². The average molecular weight is 398 g/mol. The minimum atomic E-state index is -0.233. The van der Waals surface area contributed by atoms with Gasteiger partial charge >= 0.3 is 6.09 Å². The molecule has 0 N–H and O–H groups in total. The number of carbonyl (C=O) groups excluding carboxylic acids is 1. The van der Waals surface area contributed by atoms with Crippen molar-refractivity contribution in [1.29, 1.82) is 0 Å². The first-order valence-corrected chi connectivity index (χ1v) is 10.5. The number of hydrogen-bond acceptors (Lipinski definition) is 7. The predicted octanol–water partition coefficient (Wildman–Crippen LogP) is 3.50. The minimum absolute atomic E-state index is 0.180. The topological polar surface area (TPSA) is 90.6 Å². The predicted molar refractivity (Wildman–Crippen MR) is 103 cm³/mol. The van der Waals surface area contributed by atoms with Crippen LogP contribution in [-0.4, -0.2) is 58.0 Å². The molecule has 3 fully saturated rings. The fraction of sp³-hybridized carbons (Fsp3) is 0.619. The van der Waals surface area contributed by atoms with Crippen LogP contribution in [0.4, 0.5) is 4.79 Å². The van der Waals surface area contributed by atoms with Crippen LogP contribution in [0, 0.1) is 0 Å². The number of hydrogen-bond donors (Lipinski definition) is 0. The van der Waals surface area contributed by atoms with Gasteiger partial charge in [-0.15, -0.1) is 0 Å². The highest BCUT2D eigenvalue weighted by Gasteiger charge is 2.43. The molecular weight excluding hydrogens is 372 g/mol. The first kappa shape index (κ1) is 18.5. The van der Waals surface area contributed by atoms with Crippen molar-refractivity contribution in [2.75, 3.05) is 26.3 Å². The summed E-state index contributed by atoms with van der Waals surface area (Å²) >= 11 is 0. The monoisotopic (exact) mass is 398 g/mol. The second-order valence-corrected chi connectivity index (χ2v) is 8.57. The molecule has 1 saturated carbocycles. The van der Waals surface area contributed by atoms with Crippen molar-refractivity contribution in [2.45, 2.75) is 56.5 Å². The quantitative estimate of drug-likeness (QED) is 0.778.